The second-order valence-electron chi connectivity index (χ2n) is 3.13. The third kappa shape index (κ3) is 3.74. The number of para-hydroxylation sites is 2. The summed E-state index contributed by atoms with van der Waals surface area (Å²) in [6.07, 6.45) is -1.13. The number of hydrogen-bond donors (Lipinski definition) is 1. The summed E-state index contributed by atoms with van der Waals surface area (Å²) in [5.41, 5.74) is 0. The Kier molecular flexibility index (Phi) is 4.53. The molecule has 0 bridgehead atoms. The van der Waals surface area contributed by atoms with Gasteiger partial charge in [0.25, 0.3) is 0 Å². The van der Waals surface area contributed by atoms with Gasteiger partial charge in [0, 0.05) is 4.92 Å². The SMILES string of the molecule is COc1ccccc1OC[C@@H](O)C[N+](=O)[O-]. The standard InChI is InChI=1S/C10H13NO5/c1-15-9-4-2-3-5-10(9)16-7-8(12)6-11(13)14/h2-5,8,12H,6-7H2,1H3/t8-/m0/s1. The van der Waals surface area contributed by atoms with Crippen LogP contribution in [0.1, 0.15) is 0 Å². The molecule has 1 aromatic rings. The molecule has 1 aromatic carbocycles. The van der Waals surface area contributed by atoms with Gasteiger partial charge in [0.1, 0.15) is 6.61 Å². The molecule has 0 heterocycles. The zero-order valence-electron chi connectivity index (χ0n) is 8.83. The van der Waals surface area contributed by atoms with Crippen LogP contribution in [0.3, 0.4) is 0 Å². The van der Waals surface area contributed by atoms with Crippen LogP contribution in [0.5, 0.6) is 11.5 Å². The van der Waals surface area contributed by atoms with Gasteiger partial charge in [-0.1, -0.05) is 12.1 Å². The maximum Gasteiger partial charge on any atom is 0.232 e. The summed E-state index contributed by atoms with van der Waals surface area (Å²) in [6, 6.07) is 6.89. The average molecular weight is 227 g/mol. The first kappa shape index (κ1) is 12.3. The lowest BCUT2D eigenvalue weighted by atomic mass is 10.3. The number of aliphatic hydroxyl groups excluding tert-OH is 1. The molecule has 0 aliphatic carbocycles. The molecule has 0 unspecified atom stereocenters. The number of methoxy groups -OCH3 is 1. The van der Waals surface area contributed by atoms with Gasteiger partial charge in [-0.05, 0) is 12.1 Å². The van der Waals surface area contributed by atoms with E-state index in [0.29, 0.717) is 11.5 Å². The third-order valence-electron chi connectivity index (χ3n) is 1.86. The topological polar surface area (TPSA) is 81.8 Å². The summed E-state index contributed by atoms with van der Waals surface area (Å²) in [5.74, 6) is 0.975. The van der Waals surface area contributed by atoms with Gasteiger partial charge in [-0.3, -0.25) is 10.1 Å². The first-order chi connectivity index (χ1) is 7.63. The van der Waals surface area contributed by atoms with Crippen molar-refractivity contribution in [2.45, 2.75) is 6.10 Å². The molecular weight excluding hydrogens is 214 g/mol. The van der Waals surface area contributed by atoms with Crippen molar-refractivity contribution < 1.29 is 19.5 Å². The van der Waals surface area contributed by atoms with E-state index in [1.807, 2.05) is 0 Å². The number of rotatable bonds is 6. The number of ether oxygens (including phenoxy) is 2. The number of aliphatic hydroxyl groups is 1. The van der Waals surface area contributed by atoms with Crippen LogP contribution < -0.4 is 9.47 Å². The molecule has 0 radical (unpaired) electrons. The number of nitro groups is 1. The van der Waals surface area contributed by atoms with Gasteiger partial charge in [0.15, 0.2) is 17.6 Å². The summed E-state index contributed by atoms with van der Waals surface area (Å²) in [7, 11) is 1.50. The van der Waals surface area contributed by atoms with Crippen molar-refractivity contribution in [2.75, 3.05) is 20.3 Å². The fourth-order valence-electron chi connectivity index (χ4n) is 1.15. The second-order valence-corrected chi connectivity index (χ2v) is 3.13. The van der Waals surface area contributed by atoms with Crippen molar-refractivity contribution in [3.8, 4) is 11.5 Å². The van der Waals surface area contributed by atoms with Gasteiger partial charge in [0.2, 0.25) is 6.54 Å². The van der Waals surface area contributed by atoms with Gasteiger partial charge >= 0.3 is 0 Å². The fraction of sp³-hybridized carbons (Fsp3) is 0.400. The van der Waals surface area contributed by atoms with Crippen LogP contribution in [0.25, 0.3) is 0 Å². The summed E-state index contributed by atoms with van der Waals surface area (Å²) < 4.78 is 10.2. The molecule has 1 atom stereocenters. The third-order valence-corrected chi connectivity index (χ3v) is 1.86. The van der Waals surface area contributed by atoms with Crippen LogP contribution >= 0.6 is 0 Å². The van der Waals surface area contributed by atoms with E-state index in [1.165, 1.54) is 7.11 Å². The quantitative estimate of drug-likeness (QED) is 0.571. The molecule has 1 N–H and O–H groups in total. The van der Waals surface area contributed by atoms with Crippen LogP contribution in [0.4, 0.5) is 0 Å². The Hall–Kier alpha value is -1.82. The number of benzene rings is 1. The van der Waals surface area contributed by atoms with Crippen LogP contribution in [0.15, 0.2) is 24.3 Å². The summed E-state index contributed by atoms with van der Waals surface area (Å²) in [5, 5.41) is 19.3. The highest BCUT2D eigenvalue weighted by molar-refractivity contribution is 5.39. The average Bonchev–Trinajstić information content (AvgIpc) is 2.26. The second kappa shape index (κ2) is 5.92. The molecule has 6 nitrogen and oxygen atoms in total. The molecule has 0 saturated heterocycles. The molecule has 1 rings (SSSR count). The summed E-state index contributed by atoms with van der Waals surface area (Å²) in [6.45, 7) is -0.670. The lowest BCUT2D eigenvalue weighted by Crippen LogP contribution is -2.26. The number of nitrogens with zero attached hydrogens (tertiary/aromatic N) is 1. The van der Waals surface area contributed by atoms with Gasteiger partial charge in [0.05, 0.1) is 7.11 Å². The predicted molar refractivity (Wildman–Crippen MR) is 56.4 cm³/mol. The maximum atomic E-state index is 10.1. The molecule has 0 fully saturated rings. The number of hydrogen-bond acceptors (Lipinski definition) is 5. The predicted octanol–water partition coefficient (Wildman–Crippen LogP) is 0.712. The van der Waals surface area contributed by atoms with Crippen LogP contribution in [-0.2, 0) is 0 Å². The Balaban J connectivity index is 2.50. The van der Waals surface area contributed by atoms with Crippen molar-refractivity contribution in [3.05, 3.63) is 34.4 Å². The fourth-order valence-corrected chi connectivity index (χ4v) is 1.15. The molecule has 6 heteroatoms. The Bertz CT molecular complexity index is 355. The molecule has 0 spiro atoms. The minimum atomic E-state index is -1.13. The van der Waals surface area contributed by atoms with E-state index in [9.17, 15) is 15.2 Å². The van der Waals surface area contributed by atoms with Crippen molar-refractivity contribution >= 4 is 0 Å². The smallest absolute Gasteiger partial charge is 0.232 e. The Morgan fingerprint density at radius 2 is 2.06 bits per heavy atom. The lowest BCUT2D eigenvalue weighted by Gasteiger charge is -2.11. The molecule has 0 amide bonds. The highest BCUT2D eigenvalue weighted by Gasteiger charge is 2.13. The minimum absolute atomic E-state index is 0.138. The lowest BCUT2D eigenvalue weighted by molar-refractivity contribution is -0.490. The van der Waals surface area contributed by atoms with Crippen molar-refractivity contribution in [2.24, 2.45) is 0 Å². The van der Waals surface area contributed by atoms with E-state index < -0.39 is 17.6 Å². The summed E-state index contributed by atoms with van der Waals surface area (Å²) in [4.78, 5) is 9.52. The normalized spacial score (nSPS) is 11.9. The van der Waals surface area contributed by atoms with Gasteiger partial charge in [-0.2, -0.15) is 0 Å². The monoisotopic (exact) mass is 227 g/mol. The van der Waals surface area contributed by atoms with Crippen LogP contribution in [0.2, 0.25) is 0 Å². The van der Waals surface area contributed by atoms with Gasteiger partial charge in [-0.25, -0.2) is 0 Å². The molecule has 0 aromatic heterocycles. The van der Waals surface area contributed by atoms with Crippen LogP contribution in [0, 0.1) is 10.1 Å². The van der Waals surface area contributed by atoms with Crippen LogP contribution in [-0.4, -0.2) is 36.4 Å². The zero-order valence-corrected chi connectivity index (χ0v) is 8.83. The minimum Gasteiger partial charge on any atom is -0.493 e. The van der Waals surface area contributed by atoms with E-state index in [4.69, 9.17) is 9.47 Å². The Morgan fingerprint density at radius 1 is 1.44 bits per heavy atom. The van der Waals surface area contributed by atoms with E-state index in [2.05, 4.69) is 0 Å². The van der Waals surface area contributed by atoms with Gasteiger partial charge < -0.3 is 14.6 Å². The highest BCUT2D eigenvalue weighted by atomic mass is 16.6. The molecule has 0 saturated carbocycles. The van der Waals surface area contributed by atoms with E-state index >= 15 is 0 Å². The van der Waals surface area contributed by atoms with Crippen molar-refractivity contribution in [1.82, 2.24) is 0 Å². The summed E-state index contributed by atoms with van der Waals surface area (Å²) >= 11 is 0. The van der Waals surface area contributed by atoms with Crippen molar-refractivity contribution in [1.29, 1.82) is 0 Å². The first-order valence-corrected chi connectivity index (χ1v) is 4.69. The van der Waals surface area contributed by atoms with E-state index in [1.54, 1.807) is 24.3 Å². The molecule has 0 aliphatic rings. The first-order valence-electron chi connectivity index (χ1n) is 4.69. The molecule has 16 heavy (non-hydrogen) atoms. The van der Waals surface area contributed by atoms with Crippen molar-refractivity contribution in [3.63, 3.8) is 0 Å². The Labute approximate surface area is 92.6 Å². The molecular formula is C10H13NO5. The van der Waals surface area contributed by atoms with E-state index in [-0.39, 0.29) is 6.61 Å². The Morgan fingerprint density at radius 3 is 2.62 bits per heavy atom. The molecule has 88 valence electrons. The molecule has 0 aliphatic heterocycles. The highest BCUT2D eigenvalue weighted by Crippen LogP contribution is 2.25. The maximum absolute atomic E-state index is 10.1. The zero-order chi connectivity index (χ0) is 12.0. The van der Waals surface area contributed by atoms with Gasteiger partial charge in [-0.15, -0.1) is 0 Å². The largest absolute Gasteiger partial charge is 0.493 e. The van der Waals surface area contributed by atoms with E-state index in [0.717, 1.165) is 0 Å².